The molecular formula is C19H26N2O2. The zero-order valence-electron chi connectivity index (χ0n) is 13.7. The molecule has 4 nitrogen and oxygen atoms in total. The molecule has 2 amide bonds. The van der Waals surface area contributed by atoms with Crippen molar-refractivity contribution >= 4 is 11.8 Å². The van der Waals surface area contributed by atoms with Crippen LogP contribution in [0.5, 0.6) is 0 Å². The minimum atomic E-state index is -0.186. The maximum Gasteiger partial charge on any atom is 0.225 e. The van der Waals surface area contributed by atoms with Gasteiger partial charge in [-0.3, -0.25) is 9.59 Å². The largest absolute Gasteiger partial charge is 0.353 e. The fourth-order valence-corrected chi connectivity index (χ4v) is 3.65. The number of carbonyl (C=O) groups is 2. The fourth-order valence-electron chi connectivity index (χ4n) is 3.65. The molecular weight excluding hydrogens is 288 g/mol. The Kier molecular flexibility index (Phi) is 5.31. The number of likely N-dealkylation sites (tertiary alicyclic amines) is 1. The van der Waals surface area contributed by atoms with E-state index in [-0.39, 0.29) is 17.7 Å². The average molecular weight is 314 g/mol. The van der Waals surface area contributed by atoms with Gasteiger partial charge >= 0.3 is 0 Å². The highest BCUT2D eigenvalue weighted by Gasteiger charge is 2.34. The quantitative estimate of drug-likeness (QED) is 0.869. The monoisotopic (exact) mass is 314 g/mol. The Bertz CT molecular complexity index is 536. The van der Waals surface area contributed by atoms with Crippen molar-refractivity contribution in [2.24, 2.45) is 5.92 Å². The Labute approximate surface area is 138 Å². The predicted molar refractivity (Wildman–Crippen MR) is 89.6 cm³/mol. The number of nitrogens with one attached hydrogen (secondary N) is 1. The van der Waals surface area contributed by atoms with E-state index in [0.717, 1.165) is 18.4 Å². The lowest BCUT2D eigenvalue weighted by Gasteiger charge is -2.20. The summed E-state index contributed by atoms with van der Waals surface area (Å²) in [5.74, 6) is -0.0230. The highest BCUT2D eigenvalue weighted by Crippen LogP contribution is 2.22. The summed E-state index contributed by atoms with van der Waals surface area (Å²) in [5, 5.41) is 3.19. The van der Waals surface area contributed by atoms with Crippen LogP contribution in [-0.2, 0) is 16.1 Å². The van der Waals surface area contributed by atoms with E-state index in [2.05, 4.69) is 5.32 Å². The van der Waals surface area contributed by atoms with E-state index < -0.39 is 0 Å². The van der Waals surface area contributed by atoms with E-state index >= 15 is 0 Å². The second-order valence-electron chi connectivity index (χ2n) is 6.86. The van der Waals surface area contributed by atoms with Crippen LogP contribution in [0.1, 0.15) is 50.5 Å². The molecule has 1 aromatic carbocycles. The van der Waals surface area contributed by atoms with Crippen LogP contribution in [0.15, 0.2) is 30.3 Å². The summed E-state index contributed by atoms with van der Waals surface area (Å²) in [6.45, 7) is 1.15. The second kappa shape index (κ2) is 7.62. The molecule has 1 N–H and O–H groups in total. The smallest absolute Gasteiger partial charge is 0.225 e. The van der Waals surface area contributed by atoms with Gasteiger partial charge in [-0.2, -0.15) is 0 Å². The van der Waals surface area contributed by atoms with Gasteiger partial charge in [0.15, 0.2) is 0 Å². The predicted octanol–water partition coefficient (Wildman–Crippen LogP) is 2.87. The number of nitrogens with zero attached hydrogens (tertiary/aromatic N) is 1. The molecule has 1 heterocycles. The second-order valence-corrected chi connectivity index (χ2v) is 6.86. The molecule has 1 aliphatic heterocycles. The molecule has 1 saturated heterocycles. The lowest BCUT2D eigenvalue weighted by Crippen LogP contribution is -2.39. The SMILES string of the molecule is O=C(NC1CCCCCC1)[C@@H]1CC(=O)N(Cc2ccccc2)C1. The Morgan fingerprint density at radius 1 is 1.09 bits per heavy atom. The van der Waals surface area contributed by atoms with E-state index in [9.17, 15) is 9.59 Å². The van der Waals surface area contributed by atoms with E-state index in [1.807, 2.05) is 35.2 Å². The minimum Gasteiger partial charge on any atom is -0.353 e. The Morgan fingerprint density at radius 3 is 2.48 bits per heavy atom. The minimum absolute atomic E-state index is 0.0702. The molecule has 1 aromatic rings. The van der Waals surface area contributed by atoms with Gasteiger partial charge in [-0.25, -0.2) is 0 Å². The van der Waals surface area contributed by atoms with Crippen LogP contribution in [0, 0.1) is 5.92 Å². The van der Waals surface area contributed by atoms with Gasteiger partial charge in [0.1, 0.15) is 0 Å². The van der Waals surface area contributed by atoms with Gasteiger partial charge in [-0.05, 0) is 18.4 Å². The Morgan fingerprint density at radius 2 is 1.78 bits per heavy atom. The standard InChI is InChI=1S/C19H26N2O2/c22-18-12-16(14-21(18)13-15-8-4-3-5-9-15)19(23)20-17-10-6-1-2-7-11-17/h3-5,8-9,16-17H,1-2,6-7,10-14H2,(H,20,23)/t16-/m1/s1. The lowest BCUT2D eigenvalue weighted by molar-refractivity contribution is -0.129. The summed E-state index contributed by atoms with van der Waals surface area (Å²) in [6, 6.07) is 10.3. The van der Waals surface area contributed by atoms with Crippen molar-refractivity contribution in [1.29, 1.82) is 0 Å². The molecule has 124 valence electrons. The fraction of sp³-hybridized carbons (Fsp3) is 0.579. The Balaban J connectivity index is 1.53. The zero-order chi connectivity index (χ0) is 16.1. The maximum absolute atomic E-state index is 12.5. The third-order valence-corrected chi connectivity index (χ3v) is 5.00. The third-order valence-electron chi connectivity index (χ3n) is 5.00. The molecule has 2 aliphatic rings. The van der Waals surface area contributed by atoms with Crippen LogP contribution in [0.4, 0.5) is 0 Å². The van der Waals surface area contributed by atoms with Crippen molar-refractivity contribution in [2.75, 3.05) is 6.54 Å². The van der Waals surface area contributed by atoms with E-state index in [1.165, 1.54) is 25.7 Å². The molecule has 3 rings (SSSR count). The molecule has 2 fully saturated rings. The summed E-state index contributed by atoms with van der Waals surface area (Å²) >= 11 is 0. The first-order valence-electron chi connectivity index (χ1n) is 8.84. The number of hydrogen-bond acceptors (Lipinski definition) is 2. The molecule has 0 radical (unpaired) electrons. The van der Waals surface area contributed by atoms with Gasteiger partial charge in [0.25, 0.3) is 0 Å². The topological polar surface area (TPSA) is 49.4 Å². The number of amides is 2. The summed E-state index contributed by atoms with van der Waals surface area (Å²) in [6.07, 6.45) is 7.48. The van der Waals surface area contributed by atoms with E-state index in [4.69, 9.17) is 0 Å². The van der Waals surface area contributed by atoms with Gasteiger partial charge < -0.3 is 10.2 Å². The van der Waals surface area contributed by atoms with Crippen LogP contribution < -0.4 is 5.32 Å². The van der Waals surface area contributed by atoms with E-state index in [1.54, 1.807) is 0 Å². The van der Waals surface area contributed by atoms with Crippen molar-refractivity contribution in [1.82, 2.24) is 10.2 Å². The number of rotatable bonds is 4. The molecule has 0 aromatic heterocycles. The van der Waals surface area contributed by atoms with Gasteiger partial charge in [0.2, 0.25) is 11.8 Å². The maximum atomic E-state index is 12.5. The average Bonchev–Trinajstić information content (AvgIpc) is 2.75. The highest BCUT2D eigenvalue weighted by molar-refractivity contribution is 5.89. The van der Waals surface area contributed by atoms with Crippen LogP contribution in [0.2, 0.25) is 0 Å². The van der Waals surface area contributed by atoms with Gasteiger partial charge in [-0.15, -0.1) is 0 Å². The molecule has 0 spiro atoms. The first-order chi connectivity index (χ1) is 11.2. The summed E-state index contributed by atoms with van der Waals surface area (Å²) in [5.41, 5.74) is 1.12. The van der Waals surface area contributed by atoms with Crippen LogP contribution >= 0.6 is 0 Å². The molecule has 1 aliphatic carbocycles. The van der Waals surface area contributed by atoms with Crippen LogP contribution in [0.3, 0.4) is 0 Å². The number of carbonyl (C=O) groups excluding carboxylic acids is 2. The van der Waals surface area contributed by atoms with Crippen LogP contribution in [0.25, 0.3) is 0 Å². The van der Waals surface area contributed by atoms with Gasteiger partial charge in [0.05, 0.1) is 5.92 Å². The number of hydrogen-bond donors (Lipinski definition) is 1. The first kappa shape index (κ1) is 16.0. The normalized spacial score (nSPS) is 22.9. The van der Waals surface area contributed by atoms with Crippen molar-refractivity contribution in [3.8, 4) is 0 Å². The molecule has 23 heavy (non-hydrogen) atoms. The van der Waals surface area contributed by atoms with E-state index in [0.29, 0.717) is 25.6 Å². The highest BCUT2D eigenvalue weighted by atomic mass is 16.2. The van der Waals surface area contributed by atoms with Gasteiger partial charge in [0, 0.05) is 25.6 Å². The third kappa shape index (κ3) is 4.34. The number of benzene rings is 1. The molecule has 4 heteroatoms. The zero-order valence-corrected chi connectivity index (χ0v) is 13.7. The summed E-state index contributed by atoms with van der Waals surface area (Å²) in [4.78, 5) is 26.5. The van der Waals surface area contributed by atoms with Crippen molar-refractivity contribution < 1.29 is 9.59 Å². The van der Waals surface area contributed by atoms with Crippen molar-refractivity contribution in [3.63, 3.8) is 0 Å². The molecule has 0 bridgehead atoms. The summed E-state index contributed by atoms with van der Waals surface area (Å²) in [7, 11) is 0. The summed E-state index contributed by atoms with van der Waals surface area (Å²) < 4.78 is 0. The van der Waals surface area contributed by atoms with Crippen LogP contribution in [-0.4, -0.2) is 29.3 Å². The Hall–Kier alpha value is -1.84. The van der Waals surface area contributed by atoms with Gasteiger partial charge in [-0.1, -0.05) is 56.0 Å². The molecule has 1 saturated carbocycles. The first-order valence-corrected chi connectivity index (χ1v) is 8.84. The lowest BCUT2D eigenvalue weighted by atomic mass is 10.0. The van der Waals surface area contributed by atoms with Crippen molar-refractivity contribution in [2.45, 2.75) is 57.5 Å². The van der Waals surface area contributed by atoms with Crippen molar-refractivity contribution in [3.05, 3.63) is 35.9 Å². The molecule has 0 unspecified atom stereocenters. The molecule has 1 atom stereocenters.